The van der Waals surface area contributed by atoms with E-state index in [0.717, 1.165) is 40.5 Å². The van der Waals surface area contributed by atoms with Crippen molar-refractivity contribution in [2.24, 2.45) is 0 Å². The Balaban J connectivity index is 1.08. The lowest BCUT2D eigenvalue weighted by molar-refractivity contribution is 1.13. The zero-order valence-corrected chi connectivity index (χ0v) is 31.1. The third kappa shape index (κ3) is 6.41. The highest BCUT2D eigenvalue weighted by atomic mass is 15.0. The van der Waals surface area contributed by atoms with Crippen molar-refractivity contribution >= 4 is 38.7 Å². The molecule has 0 aliphatic heterocycles. The van der Waals surface area contributed by atoms with Crippen molar-refractivity contribution in [3.63, 3.8) is 0 Å². The number of benzene rings is 8. The van der Waals surface area contributed by atoms with Crippen LogP contribution in [0.4, 0.5) is 0 Å². The van der Waals surface area contributed by atoms with E-state index in [1.54, 1.807) is 0 Å². The summed E-state index contributed by atoms with van der Waals surface area (Å²) < 4.78 is 2.26. The summed E-state index contributed by atoms with van der Waals surface area (Å²) in [6, 6.07) is 63.7. The fraction of sp³-hybridized carbons (Fsp3) is 0.0755. The standard InChI is InChI=1S/C53H40N2/c1-3-11-39-21-24-45(30-38(39)4-2)50-33-44-23-22-42(31-46(44)32-47(50)28-36-12-7-5-8-13-36)40-17-19-41(20-18-40)43-25-27-52-51(34-43)49-26-16-37(35-54)29-53(49)55(52)48-14-9-6-10-15-48/h3,5-27,29-34H,4,28H2,1-2H3/b11-3-. The van der Waals surface area contributed by atoms with E-state index in [1.165, 1.54) is 66.2 Å². The molecule has 0 bridgehead atoms. The maximum Gasteiger partial charge on any atom is 0.0992 e. The Labute approximate surface area is 322 Å². The van der Waals surface area contributed by atoms with Crippen LogP contribution >= 0.6 is 0 Å². The van der Waals surface area contributed by atoms with Gasteiger partial charge in [-0.15, -0.1) is 0 Å². The van der Waals surface area contributed by atoms with E-state index in [1.807, 2.05) is 18.2 Å². The number of fused-ring (bicyclic) bond motifs is 4. The van der Waals surface area contributed by atoms with Crippen molar-refractivity contribution in [1.82, 2.24) is 4.57 Å². The predicted octanol–water partition coefficient (Wildman–Crippen LogP) is 14.0. The fourth-order valence-corrected chi connectivity index (χ4v) is 8.16. The van der Waals surface area contributed by atoms with Crippen LogP contribution < -0.4 is 0 Å². The van der Waals surface area contributed by atoms with Gasteiger partial charge in [0.25, 0.3) is 0 Å². The summed E-state index contributed by atoms with van der Waals surface area (Å²) in [6.07, 6.45) is 6.19. The minimum atomic E-state index is 0.658. The summed E-state index contributed by atoms with van der Waals surface area (Å²) in [5.74, 6) is 0. The predicted molar refractivity (Wildman–Crippen MR) is 233 cm³/mol. The topological polar surface area (TPSA) is 28.7 Å². The quantitative estimate of drug-likeness (QED) is 0.155. The van der Waals surface area contributed by atoms with E-state index in [4.69, 9.17) is 0 Å². The lowest BCUT2D eigenvalue weighted by Gasteiger charge is -2.15. The van der Waals surface area contributed by atoms with Gasteiger partial charge in [-0.25, -0.2) is 0 Å². The summed E-state index contributed by atoms with van der Waals surface area (Å²) in [5, 5.41) is 14.5. The Hall–Kier alpha value is -6.95. The number of rotatable bonds is 8. The molecule has 9 rings (SSSR count). The molecule has 0 spiro atoms. The smallest absolute Gasteiger partial charge is 0.0992 e. The van der Waals surface area contributed by atoms with Crippen molar-refractivity contribution in [3.05, 3.63) is 204 Å². The molecular formula is C53H40N2. The number of hydrogen-bond donors (Lipinski definition) is 0. The molecule has 0 aliphatic rings. The molecule has 1 heterocycles. The average Bonchev–Trinajstić information content (AvgIpc) is 3.57. The van der Waals surface area contributed by atoms with Gasteiger partial charge in [-0.2, -0.15) is 5.26 Å². The molecule has 0 radical (unpaired) electrons. The second kappa shape index (κ2) is 14.5. The van der Waals surface area contributed by atoms with Gasteiger partial charge < -0.3 is 4.57 Å². The SMILES string of the molecule is C/C=C\c1ccc(-c2cc3ccc(-c4ccc(-c5ccc6c(c5)c5ccc(C#N)cc5n6-c5ccccc5)cc4)cc3cc2Cc2ccccc2)cc1CC. The third-order valence-electron chi connectivity index (χ3n) is 10.9. The molecule has 2 heteroatoms. The van der Waals surface area contributed by atoms with Crippen LogP contribution in [0.5, 0.6) is 0 Å². The van der Waals surface area contributed by atoms with Gasteiger partial charge in [0.2, 0.25) is 0 Å². The highest BCUT2D eigenvalue weighted by Crippen LogP contribution is 2.37. The molecule has 0 unspecified atom stereocenters. The first-order valence-corrected chi connectivity index (χ1v) is 19.1. The molecule has 262 valence electrons. The van der Waals surface area contributed by atoms with Crippen molar-refractivity contribution < 1.29 is 0 Å². The van der Waals surface area contributed by atoms with Crippen molar-refractivity contribution in [3.8, 4) is 45.1 Å². The number of hydrogen-bond acceptors (Lipinski definition) is 1. The van der Waals surface area contributed by atoms with E-state index in [-0.39, 0.29) is 0 Å². The summed E-state index contributed by atoms with van der Waals surface area (Å²) in [5.41, 5.74) is 16.5. The van der Waals surface area contributed by atoms with Gasteiger partial charge in [0.05, 0.1) is 22.7 Å². The lowest BCUT2D eigenvalue weighted by Crippen LogP contribution is -1.95. The van der Waals surface area contributed by atoms with E-state index in [9.17, 15) is 5.26 Å². The average molecular weight is 705 g/mol. The second-order valence-electron chi connectivity index (χ2n) is 14.3. The Morgan fingerprint density at radius 3 is 1.96 bits per heavy atom. The van der Waals surface area contributed by atoms with Gasteiger partial charge >= 0.3 is 0 Å². The molecule has 9 aromatic rings. The van der Waals surface area contributed by atoms with Gasteiger partial charge in [0.15, 0.2) is 0 Å². The van der Waals surface area contributed by atoms with Crippen LogP contribution in [-0.2, 0) is 12.8 Å². The molecule has 0 N–H and O–H groups in total. The molecule has 0 atom stereocenters. The maximum atomic E-state index is 9.68. The molecular weight excluding hydrogens is 665 g/mol. The first-order valence-electron chi connectivity index (χ1n) is 19.1. The van der Waals surface area contributed by atoms with Gasteiger partial charge in [0, 0.05) is 16.5 Å². The van der Waals surface area contributed by atoms with Gasteiger partial charge in [0.1, 0.15) is 0 Å². The Morgan fingerprint density at radius 1 is 0.545 bits per heavy atom. The molecule has 1 aromatic heterocycles. The number of aryl methyl sites for hydroxylation is 1. The molecule has 0 aliphatic carbocycles. The van der Waals surface area contributed by atoms with E-state index < -0.39 is 0 Å². The monoisotopic (exact) mass is 704 g/mol. The Bertz CT molecular complexity index is 2920. The summed E-state index contributed by atoms with van der Waals surface area (Å²) in [6.45, 7) is 4.32. The van der Waals surface area contributed by atoms with Gasteiger partial charge in [-0.3, -0.25) is 0 Å². The van der Waals surface area contributed by atoms with E-state index >= 15 is 0 Å². The van der Waals surface area contributed by atoms with Crippen LogP contribution in [0.25, 0.3) is 77.7 Å². The maximum absolute atomic E-state index is 9.68. The highest BCUT2D eigenvalue weighted by molar-refractivity contribution is 6.10. The lowest BCUT2D eigenvalue weighted by atomic mass is 9.89. The minimum Gasteiger partial charge on any atom is -0.309 e. The summed E-state index contributed by atoms with van der Waals surface area (Å²) in [7, 11) is 0. The normalized spacial score (nSPS) is 11.5. The molecule has 0 saturated heterocycles. The zero-order chi connectivity index (χ0) is 37.3. The van der Waals surface area contributed by atoms with Crippen molar-refractivity contribution in [2.75, 3.05) is 0 Å². The number of aromatic nitrogens is 1. The summed E-state index contributed by atoms with van der Waals surface area (Å²) in [4.78, 5) is 0. The van der Waals surface area contributed by atoms with Crippen LogP contribution in [0.2, 0.25) is 0 Å². The Kier molecular flexibility index (Phi) is 8.91. The largest absolute Gasteiger partial charge is 0.309 e. The zero-order valence-electron chi connectivity index (χ0n) is 31.1. The number of para-hydroxylation sites is 1. The fourth-order valence-electron chi connectivity index (χ4n) is 8.16. The first kappa shape index (κ1) is 33.9. The molecule has 2 nitrogen and oxygen atoms in total. The minimum absolute atomic E-state index is 0.658. The Morgan fingerprint density at radius 2 is 1.24 bits per heavy atom. The van der Waals surface area contributed by atoms with Crippen LogP contribution in [0.3, 0.4) is 0 Å². The van der Waals surface area contributed by atoms with Crippen LogP contribution in [0, 0.1) is 11.3 Å². The second-order valence-corrected chi connectivity index (χ2v) is 14.3. The molecule has 0 amide bonds. The molecule has 55 heavy (non-hydrogen) atoms. The third-order valence-corrected chi connectivity index (χ3v) is 10.9. The molecule has 8 aromatic carbocycles. The molecule has 0 saturated carbocycles. The van der Waals surface area contributed by atoms with E-state index in [2.05, 4.69) is 188 Å². The summed E-state index contributed by atoms with van der Waals surface area (Å²) >= 11 is 0. The van der Waals surface area contributed by atoms with Crippen LogP contribution in [0.1, 0.15) is 41.7 Å². The van der Waals surface area contributed by atoms with Crippen LogP contribution in [0.15, 0.2) is 176 Å². The number of nitrogens with zero attached hydrogens (tertiary/aromatic N) is 2. The number of nitriles is 1. The van der Waals surface area contributed by atoms with Gasteiger partial charge in [-0.1, -0.05) is 140 Å². The van der Waals surface area contributed by atoms with Crippen molar-refractivity contribution in [1.29, 1.82) is 5.26 Å². The van der Waals surface area contributed by atoms with Crippen LogP contribution in [-0.4, -0.2) is 4.57 Å². The number of allylic oxidation sites excluding steroid dienone is 1. The van der Waals surface area contributed by atoms with Gasteiger partial charge in [-0.05, 0) is 135 Å². The van der Waals surface area contributed by atoms with Crippen molar-refractivity contribution in [2.45, 2.75) is 26.7 Å². The first-order chi connectivity index (χ1) is 27.1. The molecule has 0 fully saturated rings. The van der Waals surface area contributed by atoms with E-state index in [0.29, 0.717) is 5.56 Å². The highest BCUT2D eigenvalue weighted by Gasteiger charge is 2.15.